The number of alkyl halides is 9. The van der Waals surface area contributed by atoms with E-state index in [2.05, 4.69) is 54.6 Å². The van der Waals surface area contributed by atoms with Crippen LogP contribution < -0.4 is 20.3 Å². The van der Waals surface area contributed by atoms with Crippen LogP contribution in [0.25, 0.3) is 17.0 Å². The smallest absolute Gasteiger partial charge is 0.475 e. The third kappa shape index (κ3) is 13.4. The van der Waals surface area contributed by atoms with Gasteiger partial charge in [-0.3, -0.25) is 0 Å². The van der Waals surface area contributed by atoms with Crippen molar-refractivity contribution < 1.29 is 68.5 Å². The monoisotopic (exact) mass is 808 g/mol. The molecule has 3 heterocycles. The number of rotatable bonds is 8. The van der Waals surface area contributed by atoms with Crippen LogP contribution in [0.1, 0.15) is 44.1 Å². The number of anilines is 2. The number of aryl methyl sites for hydroxylation is 1. The SMILES string of the molecule is Cc1cnn(-c2ccc(N3CCC[C@H](N[C@@H]4CCCC[C@H]4Nc4ncc(-c5ccc(OC(F)(F)F)cc5)o4)C3)cc2)c1.O=C(O)C(F)(F)F.O=C(O)C(F)(F)F. The Bertz CT molecular complexity index is 1840. The molecule has 56 heavy (non-hydrogen) atoms. The van der Waals surface area contributed by atoms with Gasteiger partial charge in [0.25, 0.3) is 6.01 Å². The number of piperidine rings is 1. The van der Waals surface area contributed by atoms with E-state index in [4.69, 9.17) is 24.2 Å². The Morgan fingerprint density at radius 1 is 0.804 bits per heavy atom. The van der Waals surface area contributed by atoms with E-state index in [0.29, 0.717) is 23.4 Å². The van der Waals surface area contributed by atoms with E-state index in [1.807, 2.05) is 24.0 Å². The maximum Gasteiger partial charge on any atom is 0.573 e. The van der Waals surface area contributed by atoms with Crippen molar-refractivity contribution in [1.82, 2.24) is 20.1 Å². The van der Waals surface area contributed by atoms with Gasteiger partial charge >= 0.3 is 30.7 Å². The van der Waals surface area contributed by atoms with E-state index in [-0.39, 0.29) is 17.8 Å². The van der Waals surface area contributed by atoms with Gasteiger partial charge in [-0.25, -0.2) is 19.3 Å². The summed E-state index contributed by atoms with van der Waals surface area (Å²) in [6, 6.07) is 15.4. The molecule has 0 bridgehead atoms. The highest BCUT2D eigenvalue weighted by atomic mass is 19.4. The van der Waals surface area contributed by atoms with Crippen LogP contribution in [0.15, 0.2) is 71.5 Å². The number of aliphatic carboxylic acids is 2. The number of carboxylic acid groups (broad SMARTS) is 2. The highest BCUT2D eigenvalue weighted by Gasteiger charge is 2.39. The Balaban J connectivity index is 0.000000425. The van der Waals surface area contributed by atoms with Gasteiger partial charge in [0.05, 0.1) is 18.1 Å². The number of hydrogen-bond donors (Lipinski definition) is 4. The van der Waals surface area contributed by atoms with Crippen LogP contribution in [-0.4, -0.2) is 86.8 Å². The van der Waals surface area contributed by atoms with Gasteiger partial charge < -0.3 is 34.9 Å². The van der Waals surface area contributed by atoms with E-state index in [9.17, 15) is 39.5 Å². The summed E-state index contributed by atoms with van der Waals surface area (Å²) in [6.07, 6.45) is -2.79. The summed E-state index contributed by atoms with van der Waals surface area (Å²) in [5.41, 5.74) is 4.03. The number of oxazole rings is 1. The first kappa shape index (κ1) is 43.3. The minimum atomic E-state index is -5.08. The standard InChI is InChI=1S/C31H35F3N6O2.2C2HF3O2/c1-21-17-36-40(19-21)25-12-10-24(11-13-25)39-16-4-5-23(20-39)37-27-6-2-3-7-28(27)38-30-35-18-29(41-30)22-8-14-26(15-9-22)42-31(32,33)34;2*3-2(4,5)1(6)7/h8-15,17-19,23,27-28,37H,2-7,16,20H2,1H3,(H,35,38);2*(H,6,7)/t23-,27+,28+;;/m0../s1. The highest BCUT2D eigenvalue weighted by molar-refractivity contribution is 5.73. The van der Waals surface area contributed by atoms with Crippen molar-refractivity contribution in [3.05, 3.63) is 72.7 Å². The molecule has 4 N–H and O–H groups in total. The van der Waals surface area contributed by atoms with Gasteiger partial charge in [-0.1, -0.05) is 12.8 Å². The number of halogens is 9. The van der Waals surface area contributed by atoms with E-state index in [0.717, 1.165) is 56.4 Å². The van der Waals surface area contributed by atoms with Crippen LogP contribution in [0.3, 0.4) is 0 Å². The Hall–Kier alpha value is -5.47. The second-order valence-electron chi connectivity index (χ2n) is 12.8. The van der Waals surface area contributed by atoms with Gasteiger partial charge in [0.15, 0.2) is 5.76 Å². The Labute approximate surface area is 313 Å². The number of nitrogens with one attached hydrogen (secondary N) is 2. The van der Waals surface area contributed by atoms with Crippen LogP contribution in [-0.2, 0) is 9.59 Å². The average Bonchev–Trinajstić information content (AvgIpc) is 3.78. The average molecular weight is 809 g/mol. The first-order chi connectivity index (χ1) is 26.2. The molecule has 1 saturated heterocycles. The zero-order valence-electron chi connectivity index (χ0n) is 29.5. The number of nitrogens with zero attached hydrogens (tertiary/aromatic N) is 4. The molecule has 4 aromatic rings. The third-order valence-corrected chi connectivity index (χ3v) is 8.50. The van der Waals surface area contributed by atoms with Crippen LogP contribution in [0, 0.1) is 6.92 Å². The molecule has 12 nitrogen and oxygen atoms in total. The van der Waals surface area contributed by atoms with Crippen molar-refractivity contribution in [3.8, 4) is 22.8 Å². The Morgan fingerprint density at radius 2 is 1.38 bits per heavy atom. The summed E-state index contributed by atoms with van der Waals surface area (Å²) in [6.45, 7) is 4.02. The molecule has 2 aromatic heterocycles. The Kier molecular flexibility index (Phi) is 14.2. The Morgan fingerprint density at radius 3 is 1.91 bits per heavy atom. The van der Waals surface area contributed by atoms with Gasteiger partial charge in [-0.15, -0.1) is 13.2 Å². The lowest BCUT2D eigenvalue weighted by Gasteiger charge is -2.40. The fourth-order valence-electron chi connectivity index (χ4n) is 5.98. The summed E-state index contributed by atoms with van der Waals surface area (Å²) >= 11 is 0. The van der Waals surface area contributed by atoms with Gasteiger partial charge in [0, 0.05) is 48.7 Å². The lowest BCUT2D eigenvalue weighted by Crippen LogP contribution is -2.54. The fourth-order valence-corrected chi connectivity index (χ4v) is 5.98. The van der Waals surface area contributed by atoms with E-state index in [1.165, 1.54) is 36.4 Å². The van der Waals surface area contributed by atoms with Crippen molar-refractivity contribution in [3.63, 3.8) is 0 Å². The summed E-state index contributed by atoms with van der Waals surface area (Å²) < 4.78 is 113. The maximum absolute atomic E-state index is 12.5. The minimum absolute atomic E-state index is 0.167. The minimum Gasteiger partial charge on any atom is -0.475 e. The second kappa shape index (κ2) is 18.4. The van der Waals surface area contributed by atoms with Gasteiger partial charge in [0.2, 0.25) is 0 Å². The van der Waals surface area contributed by atoms with Crippen molar-refractivity contribution in [2.75, 3.05) is 23.3 Å². The van der Waals surface area contributed by atoms with Crippen molar-refractivity contribution in [2.45, 2.75) is 82.3 Å². The largest absolute Gasteiger partial charge is 0.573 e. The number of aromatic nitrogens is 3. The number of ether oxygens (including phenoxy) is 1. The van der Waals surface area contributed by atoms with Crippen molar-refractivity contribution in [2.24, 2.45) is 0 Å². The van der Waals surface area contributed by atoms with Crippen LogP contribution >= 0.6 is 0 Å². The predicted molar refractivity (Wildman–Crippen MR) is 182 cm³/mol. The highest BCUT2D eigenvalue weighted by Crippen LogP contribution is 2.30. The molecule has 1 aliphatic carbocycles. The van der Waals surface area contributed by atoms with Crippen LogP contribution in [0.5, 0.6) is 5.75 Å². The summed E-state index contributed by atoms with van der Waals surface area (Å²) in [4.78, 5) is 24.6. The normalized spacial score (nSPS) is 18.8. The zero-order valence-corrected chi connectivity index (χ0v) is 29.5. The number of hydrogen-bond acceptors (Lipinski definition) is 9. The van der Waals surface area contributed by atoms with Crippen LogP contribution in [0.2, 0.25) is 0 Å². The molecule has 2 aliphatic rings. The maximum atomic E-state index is 12.5. The number of carboxylic acids is 2. The molecule has 0 radical (unpaired) electrons. The molecular weight excluding hydrogens is 771 g/mol. The molecule has 0 spiro atoms. The van der Waals surface area contributed by atoms with E-state index in [1.54, 1.807) is 6.20 Å². The topological polar surface area (TPSA) is 155 Å². The van der Waals surface area contributed by atoms with Crippen LogP contribution in [0.4, 0.5) is 51.2 Å². The van der Waals surface area contributed by atoms with E-state index < -0.39 is 30.7 Å². The van der Waals surface area contributed by atoms with Crippen molar-refractivity contribution >= 4 is 23.6 Å². The number of carbonyl (C=O) groups is 2. The lowest BCUT2D eigenvalue weighted by molar-refractivity contribution is -0.274. The molecule has 1 saturated carbocycles. The molecule has 3 atom stereocenters. The molecule has 1 aliphatic heterocycles. The first-order valence-electron chi connectivity index (χ1n) is 17.0. The van der Waals surface area contributed by atoms with Gasteiger partial charge in [0.1, 0.15) is 5.75 Å². The molecule has 0 unspecified atom stereocenters. The first-order valence-corrected chi connectivity index (χ1v) is 17.0. The van der Waals surface area contributed by atoms with Gasteiger partial charge in [-0.05, 0) is 86.7 Å². The quantitative estimate of drug-likeness (QED) is 0.128. The lowest BCUT2D eigenvalue weighted by atomic mass is 9.89. The van der Waals surface area contributed by atoms with Crippen molar-refractivity contribution in [1.29, 1.82) is 0 Å². The fraction of sp³-hybridized carbons (Fsp3) is 0.429. The molecule has 0 amide bonds. The summed E-state index contributed by atoms with van der Waals surface area (Å²) in [5.74, 6) is -5.31. The molecule has 2 aromatic carbocycles. The molecule has 21 heteroatoms. The molecular formula is C35H37F9N6O6. The second-order valence-corrected chi connectivity index (χ2v) is 12.8. The summed E-state index contributed by atoms with van der Waals surface area (Å²) in [5, 5.41) is 26.1. The number of benzene rings is 2. The predicted octanol–water partition coefficient (Wildman–Crippen LogP) is 7.98. The van der Waals surface area contributed by atoms with Gasteiger partial charge in [-0.2, -0.15) is 31.4 Å². The molecule has 2 fully saturated rings. The summed E-state index contributed by atoms with van der Waals surface area (Å²) in [7, 11) is 0. The molecule has 306 valence electrons. The van der Waals surface area contributed by atoms with E-state index >= 15 is 0 Å². The molecule has 6 rings (SSSR count). The zero-order chi connectivity index (χ0) is 41.3. The third-order valence-electron chi connectivity index (χ3n) is 8.50.